The number of aromatic nitrogens is 2. The Morgan fingerprint density at radius 2 is 2.17 bits per heavy atom. The van der Waals surface area contributed by atoms with Crippen LogP contribution in [-0.4, -0.2) is 9.55 Å². The maximum Gasteiger partial charge on any atom is 0.132 e. The fourth-order valence-electron chi connectivity index (χ4n) is 1.88. The van der Waals surface area contributed by atoms with Crippen molar-refractivity contribution in [2.45, 2.75) is 20.4 Å². The Bertz CT molecular complexity index is 635. The summed E-state index contributed by atoms with van der Waals surface area (Å²) in [7, 11) is 0. The SMILES string of the molecule is C#CCn1c(C)nc(-c2ccc(F)c(C)c2)c1N. The van der Waals surface area contributed by atoms with Crippen LogP contribution in [0.15, 0.2) is 18.2 Å². The molecule has 3 nitrogen and oxygen atoms in total. The van der Waals surface area contributed by atoms with E-state index in [4.69, 9.17) is 12.2 Å². The number of anilines is 1. The number of terminal acetylenes is 1. The van der Waals surface area contributed by atoms with Gasteiger partial charge in [-0.15, -0.1) is 6.42 Å². The van der Waals surface area contributed by atoms with Gasteiger partial charge in [0.2, 0.25) is 0 Å². The molecule has 2 rings (SSSR count). The first-order valence-electron chi connectivity index (χ1n) is 5.57. The number of rotatable bonds is 2. The lowest BCUT2D eigenvalue weighted by molar-refractivity contribution is 0.619. The Hall–Kier alpha value is -2.28. The molecule has 0 saturated heterocycles. The zero-order valence-electron chi connectivity index (χ0n) is 10.4. The molecule has 4 heteroatoms. The van der Waals surface area contributed by atoms with Gasteiger partial charge in [-0.25, -0.2) is 9.37 Å². The molecule has 0 spiro atoms. The zero-order chi connectivity index (χ0) is 13.3. The van der Waals surface area contributed by atoms with Gasteiger partial charge in [-0.1, -0.05) is 5.92 Å². The summed E-state index contributed by atoms with van der Waals surface area (Å²) in [5.74, 6) is 3.56. The number of nitrogens with zero attached hydrogens (tertiary/aromatic N) is 2. The first-order valence-corrected chi connectivity index (χ1v) is 5.57. The molecule has 1 aromatic heterocycles. The Kier molecular flexibility index (Phi) is 3.07. The molecule has 0 fully saturated rings. The van der Waals surface area contributed by atoms with E-state index in [0.717, 1.165) is 11.4 Å². The van der Waals surface area contributed by atoms with Crippen molar-refractivity contribution in [1.82, 2.24) is 9.55 Å². The van der Waals surface area contributed by atoms with E-state index < -0.39 is 0 Å². The molecule has 0 aliphatic rings. The Labute approximate surface area is 105 Å². The average molecular weight is 243 g/mol. The minimum Gasteiger partial charge on any atom is -0.383 e. The molecular weight excluding hydrogens is 229 g/mol. The quantitative estimate of drug-likeness (QED) is 0.824. The van der Waals surface area contributed by atoms with Crippen molar-refractivity contribution in [3.05, 3.63) is 35.4 Å². The van der Waals surface area contributed by atoms with E-state index in [-0.39, 0.29) is 5.82 Å². The van der Waals surface area contributed by atoms with Crippen LogP contribution in [0.3, 0.4) is 0 Å². The van der Waals surface area contributed by atoms with Gasteiger partial charge in [0.05, 0.1) is 6.54 Å². The third-order valence-corrected chi connectivity index (χ3v) is 2.88. The summed E-state index contributed by atoms with van der Waals surface area (Å²) in [6.45, 7) is 3.93. The molecule has 0 unspecified atom stereocenters. The second kappa shape index (κ2) is 4.53. The molecule has 0 saturated carbocycles. The number of hydrogen-bond acceptors (Lipinski definition) is 2. The first-order chi connectivity index (χ1) is 8.54. The van der Waals surface area contributed by atoms with E-state index in [9.17, 15) is 4.39 Å². The molecule has 2 aromatic rings. The summed E-state index contributed by atoms with van der Waals surface area (Å²) in [5.41, 5.74) is 8.03. The Morgan fingerprint density at radius 1 is 1.44 bits per heavy atom. The van der Waals surface area contributed by atoms with Gasteiger partial charge in [0.25, 0.3) is 0 Å². The minimum atomic E-state index is -0.239. The molecule has 0 aliphatic carbocycles. The van der Waals surface area contributed by atoms with E-state index in [0.29, 0.717) is 23.6 Å². The van der Waals surface area contributed by atoms with E-state index in [1.165, 1.54) is 6.07 Å². The normalized spacial score (nSPS) is 10.3. The highest BCUT2D eigenvalue weighted by molar-refractivity contribution is 5.71. The number of aryl methyl sites for hydroxylation is 2. The summed E-state index contributed by atoms with van der Waals surface area (Å²) in [4.78, 5) is 4.39. The molecule has 0 aliphatic heterocycles. The molecule has 0 amide bonds. The second-order valence-electron chi connectivity index (χ2n) is 4.15. The van der Waals surface area contributed by atoms with E-state index in [2.05, 4.69) is 10.9 Å². The maximum atomic E-state index is 13.2. The molecule has 0 radical (unpaired) electrons. The standard InChI is InChI=1S/C14H14FN3/c1-4-7-18-10(3)17-13(14(18)16)11-5-6-12(15)9(2)8-11/h1,5-6,8H,7,16H2,2-3H3. The third-order valence-electron chi connectivity index (χ3n) is 2.88. The summed E-state index contributed by atoms with van der Waals surface area (Å²) < 4.78 is 15.0. The fourth-order valence-corrected chi connectivity index (χ4v) is 1.88. The van der Waals surface area contributed by atoms with E-state index in [1.807, 2.05) is 6.92 Å². The van der Waals surface area contributed by atoms with Gasteiger partial charge >= 0.3 is 0 Å². The number of halogens is 1. The van der Waals surface area contributed by atoms with Gasteiger partial charge in [-0.2, -0.15) is 0 Å². The van der Waals surface area contributed by atoms with Crippen LogP contribution < -0.4 is 5.73 Å². The van der Waals surface area contributed by atoms with Crippen molar-refractivity contribution < 1.29 is 4.39 Å². The van der Waals surface area contributed by atoms with Gasteiger partial charge in [0.1, 0.15) is 23.2 Å². The van der Waals surface area contributed by atoms with Crippen molar-refractivity contribution in [3.63, 3.8) is 0 Å². The summed E-state index contributed by atoms with van der Waals surface area (Å²) in [6.07, 6.45) is 5.29. The Morgan fingerprint density at radius 3 is 2.78 bits per heavy atom. The topological polar surface area (TPSA) is 43.8 Å². The molecule has 18 heavy (non-hydrogen) atoms. The fraction of sp³-hybridized carbons (Fsp3) is 0.214. The van der Waals surface area contributed by atoms with Crippen molar-refractivity contribution in [3.8, 4) is 23.6 Å². The van der Waals surface area contributed by atoms with Crippen LogP contribution in [0.1, 0.15) is 11.4 Å². The number of nitrogens with two attached hydrogens (primary N) is 1. The molecular formula is C14H14FN3. The highest BCUT2D eigenvalue weighted by Crippen LogP contribution is 2.27. The largest absolute Gasteiger partial charge is 0.383 e. The molecule has 0 bridgehead atoms. The van der Waals surface area contributed by atoms with Crippen LogP contribution in [0.5, 0.6) is 0 Å². The van der Waals surface area contributed by atoms with Crippen LogP contribution in [0.25, 0.3) is 11.3 Å². The van der Waals surface area contributed by atoms with Crippen LogP contribution in [0, 0.1) is 32.0 Å². The minimum absolute atomic E-state index is 0.239. The van der Waals surface area contributed by atoms with Crippen LogP contribution in [0.2, 0.25) is 0 Å². The van der Waals surface area contributed by atoms with E-state index in [1.54, 1.807) is 23.6 Å². The lowest BCUT2D eigenvalue weighted by atomic mass is 10.1. The third kappa shape index (κ3) is 1.95. The molecule has 1 aromatic carbocycles. The highest BCUT2D eigenvalue weighted by Gasteiger charge is 2.13. The first kappa shape index (κ1) is 12.2. The van der Waals surface area contributed by atoms with Gasteiger partial charge in [0, 0.05) is 5.56 Å². The number of imidazole rings is 1. The lowest BCUT2D eigenvalue weighted by Gasteiger charge is -2.04. The van der Waals surface area contributed by atoms with Crippen LogP contribution in [0.4, 0.5) is 10.2 Å². The lowest BCUT2D eigenvalue weighted by Crippen LogP contribution is -2.03. The van der Waals surface area contributed by atoms with Crippen LogP contribution >= 0.6 is 0 Å². The molecule has 2 N–H and O–H groups in total. The van der Waals surface area contributed by atoms with Crippen molar-refractivity contribution in [2.75, 3.05) is 5.73 Å². The van der Waals surface area contributed by atoms with Crippen molar-refractivity contribution >= 4 is 5.82 Å². The second-order valence-corrected chi connectivity index (χ2v) is 4.15. The maximum absolute atomic E-state index is 13.2. The predicted octanol–water partition coefficient (Wildman–Crippen LogP) is 2.52. The van der Waals surface area contributed by atoms with E-state index >= 15 is 0 Å². The van der Waals surface area contributed by atoms with Gasteiger partial charge in [-0.05, 0) is 37.6 Å². The van der Waals surface area contributed by atoms with Gasteiger partial charge < -0.3 is 10.3 Å². The summed E-state index contributed by atoms with van der Waals surface area (Å²) in [6, 6.07) is 4.81. The Balaban J connectivity index is 2.55. The predicted molar refractivity (Wildman–Crippen MR) is 70.3 cm³/mol. The summed E-state index contributed by atoms with van der Waals surface area (Å²) >= 11 is 0. The number of hydrogen-bond donors (Lipinski definition) is 1. The molecule has 0 atom stereocenters. The number of nitrogen functional groups attached to an aromatic ring is 1. The smallest absolute Gasteiger partial charge is 0.132 e. The monoisotopic (exact) mass is 243 g/mol. The van der Waals surface area contributed by atoms with Crippen molar-refractivity contribution in [2.24, 2.45) is 0 Å². The average Bonchev–Trinajstić information content (AvgIpc) is 2.61. The molecule has 92 valence electrons. The van der Waals surface area contributed by atoms with Crippen LogP contribution in [-0.2, 0) is 6.54 Å². The van der Waals surface area contributed by atoms with Gasteiger partial charge in [0.15, 0.2) is 0 Å². The zero-order valence-corrected chi connectivity index (χ0v) is 10.4. The number of benzene rings is 1. The molecule has 1 heterocycles. The van der Waals surface area contributed by atoms with Gasteiger partial charge in [-0.3, -0.25) is 0 Å². The summed E-state index contributed by atoms with van der Waals surface area (Å²) in [5, 5.41) is 0. The highest BCUT2D eigenvalue weighted by atomic mass is 19.1. The van der Waals surface area contributed by atoms with Crippen molar-refractivity contribution in [1.29, 1.82) is 0 Å².